The molecule has 0 aromatic heterocycles. The van der Waals surface area contributed by atoms with E-state index in [4.69, 9.17) is 28.4 Å². The van der Waals surface area contributed by atoms with Gasteiger partial charge in [-0.25, -0.2) is 0 Å². The van der Waals surface area contributed by atoms with Gasteiger partial charge in [0.1, 0.15) is 24.7 Å². The van der Waals surface area contributed by atoms with Crippen molar-refractivity contribution in [2.45, 2.75) is 65.1 Å². The number of carbonyl (C=O) groups is 1. The van der Waals surface area contributed by atoms with E-state index in [9.17, 15) is 4.79 Å². The van der Waals surface area contributed by atoms with Gasteiger partial charge in [-0.2, -0.15) is 0 Å². The first-order valence-corrected chi connectivity index (χ1v) is 19.4. The van der Waals surface area contributed by atoms with Gasteiger partial charge in [0, 0.05) is 37.7 Å². The van der Waals surface area contributed by atoms with E-state index in [1.165, 1.54) is 0 Å². The van der Waals surface area contributed by atoms with Crippen molar-refractivity contribution in [3.05, 3.63) is 191 Å². The van der Waals surface area contributed by atoms with Crippen LogP contribution in [0.5, 0.6) is 11.5 Å². The van der Waals surface area contributed by atoms with Gasteiger partial charge in [-0.05, 0) is 57.5 Å². The molecule has 0 bridgehead atoms. The first-order chi connectivity index (χ1) is 27.9. The number of amides is 1. The van der Waals surface area contributed by atoms with E-state index in [2.05, 4.69) is 6.92 Å². The zero-order valence-electron chi connectivity index (χ0n) is 32.7. The lowest BCUT2D eigenvalue weighted by Crippen LogP contribution is -2.28. The molecule has 0 unspecified atom stereocenters. The summed E-state index contributed by atoms with van der Waals surface area (Å²) in [5.74, 6) is 1.23. The van der Waals surface area contributed by atoms with E-state index in [0.29, 0.717) is 56.3 Å². The molecule has 2 atom stereocenters. The number of ether oxygens (including phenoxy) is 6. The van der Waals surface area contributed by atoms with Crippen molar-refractivity contribution in [3.63, 3.8) is 0 Å². The van der Waals surface area contributed by atoms with Crippen molar-refractivity contribution in [3.8, 4) is 22.6 Å². The molecule has 1 saturated heterocycles. The Kier molecular flexibility index (Phi) is 13.4. The topological polar surface area (TPSA) is 75.7 Å². The number of nitrogens with zero attached hydrogens (tertiary/aromatic N) is 1. The lowest BCUT2D eigenvalue weighted by atomic mass is 9.89. The van der Waals surface area contributed by atoms with Gasteiger partial charge >= 0.3 is 0 Å². The maximum Gasteiger partial charge on any atom is 0.253 e. The highest BCUT2D eigenvalue weighted by Gasteiger charge is 2.39. The molecule has 0 N–H and O–H groups in total. The van der Waals surface area contributed by atoms with Crippen LogP contribution in [0.1, 0.15) is 50.7 Å². The minimum absolute atomic E-state index is 0.0945. The van der Waals surface area contributed by atoms with Crippen LogP contribution in [-0.2, 0) is 58.2 Å². The Bertz CT molecular complexity index is 2130. The molecule has 292 valence electrons. The predicted molar refractivity (Wildman–Crippen MR) is 221 cm³/mol. The van der Waals surface area contributed by atoms with Gasteiger partial charge in [0.15, 0.2) is 6.29 Å². The quantitative estimate of drug-likeness (QED) is 0.0916. The fourth-order valence-corrected chi connectivity index (χ4v) is 6.90. The first-order valence-electron chi connectivity index (χ1n) is 19.4. The van der Waals surface area contributed by atoms with Crippen LogP contribution < -0.4 is 9.47 Å². The number of rotatable bonds is 17. The van der Waals surface area contributed by atoms with Crippen molar-refractivity contribution in [1.29, 1.82) is 0 Å². The number of hydrogen-bond acceptors (Lipinski definition) is 7. The van der Waals surface area contributed by atoms with Crippen molar-refractivity contribution in [2.24, 2.45) is 0 Å². The minimum atomic E-state index is -0.792. The summed E-state index contributed by atoms with van der Waals surface area (Å²) < 4.78 is 39.3. The minimum Gasteiger partial charge on any atom is -0.488 e. The fraction of sp³-hybridized carbons (Fsp3) is 0.245. The lowest BCUT2D eigenvalue weighted by molar-refractivity contribution is -0.200. The van der Waals surface area contributed by atoms with Gasteiger partial charge < -0.3 is 33.3 Å². The van der Waals surface area contributed by atoms with Crippen LogP contribution in [0.3, 0.4) is 0 Å². The van der Waals surface area contributed by atoms with Crippen molar-refractivity contribution >= 4 is 5.91 Å². The van der Waals surface area contributed by atoms with Gasteiger partial charge in [0.2, 0.25) is 12.6 Å². The summed E-state index contributed by atoms with van der Waals surface area (Å²) in [4.78, 5) is 14.9. The second-order valence-corrected chi connectivity index (χ2v) is 14.1. The van der Waals surface area contributed by atoms with E-state index in [0.717, 1.165) is 44.5 Å². The van der Waals surface area contributed by atoms with E-state index < -0.39 is 18.9 Å². The Morgan fingerprint density at radius 2 is 1.04 bits per heavy atom. The molecule has 0 spiro atoms. The van der Waals surface area contributed by atoms with E-state index in [1.807, 2.05) is 152 Å². The smallest absolute Gasteiger partial charge is 0.253 e. The molecule has 8 nitrogen and oxygen atoms in total. The zero-order valence-corrected chi connectivity index (χ0v) is 32.7. The molecule has 0 saturated carbocycles. The summed E-state index contributed by atoms with van der Waals surface area (Å²) in [5.41, 5.74) is 8.24. The maximum absolute atomic E-state index is 13.3. The summed E-state index contributed by atoms with van der Waals surface area (Å²) in [5, 5.41) is 0. The van der Waals surface area contributed by atoms with Gasteiger partial charge in [-0.15, -0.1) is 0 Å². The molecule has 8 heteroatoms. The van der Waals surface area contributed by atoms with Gasteiger partial charge in [-0.1, -0.05) is 140 Å². The standard InChI is InChI=1S/C49H49NO7/c1-4-41-42(29-45-56-48(54-33-37-22-13-7-14-23-37)49(57-45)55-34-38-24-15-8-16-25-38)46(39-26-17-27-40(28-39)47(51)50(2)3)44(53-32-36-20-11-6-12-21-36)30-43(41)52-31-35-18-9-5-10-19-35/h5-28,30,45,48-49H,4,29,31-34H2,1-3H3/t48-,49-/m0/s1. The Balaban J connectivity index is 1.29. The Morgan fingerprint density at radius 1 is 0.561 bits per heavy atom. The molecule has 1 amide bonds. The van der Waals surface area contributed by atoms with Crippen molar-refractivity contribution < 1.29 is 33.2 Å². The summed E-state index contributed by atoms with van der Waals surface area (Å²) in [6, 6.07) is 49.8. The summed E-state index contributed by atoms with van der Waals surface area (Å²) >= 11 is 0. The molecule has 1 heterocycles. The molecule has 1 fully saturated rings. The van der Waals surface area contributed by atoms with Gasteiger partial charge in [-0.3, -0.25) is 4.79 Å². The highest BCUT2D eigenvalue weighted by Crippen LogP contribution is 2.43. The van der Waals surface area contributed by atoms with Gasteiger partial charge in [0.25, 0.3) is 5.91 Å². The largest absolute Gasteiger partial charge is 0.488 e. The van der Waals surface area contributed by atoms with E-state index in [1.54, 1.807) is 19.0 Å². The highest BCUT2D eigenvalue weighted by molar-refractivity contribution is 5.95. The summed E-state index contributed by atoms with van der Waals surface area (Å²) in [6.07, 6.45) is -1.35. The molecule has 0 radical (unpaired) electrons. The Labute approximate surface area is 335 Å². The third kappa shape index (κ3) is 10.4. The fourth-order valence-electron chi connectivity index (χ4n) is 6.90. The zero-order chi connectivity index (χ0) is 39.4. The molecular weight excluding hydrogens is 715 g/mol. The third-order valence-corrected chi connectivity index (χ3v) is 9.78. The van der Waals surface area contributed by atoms with Gasteiger partial charge in [0.05, 0.1) is 13.2 Å². The molecule has 1 aliphatic rings. The number of hydrogen-bond donors (Lipinski definition) is 0. The second-order valence-electron chi connectivity index (χ2n) is 14.1. The van der Waals surface area contributed by atoms with Crippen LogP contribution in [0.25, 0.3) is 11.1 Å². The van der Waals surface area contributed by atoms with Crippen LogP contribution in [0.15, 0.2) is 152 Å². The van der Waals surface area contributed by atoms with Crippen LogP contribution >= 0.6 is 0 Å². The average molecular weight is 764 g/mol. The van der Waals surface area contributed by atoms with E-state index >= 15 is 0 Å². The van der Waals surface area contributed by atoms with Crippen LogP contribution in [0.4, 0.5) is 0 Å². The Morgan fingerprint density at radius 3 is 1.51 bits per heavy atom. The number of carbonyl (C=O) groups excluding carboxylic acids is 1. The molecule has 0 aliphatic carbocycles. The Hall–Kier alpha value is -5.77. The summed E-state index contributed by atoms with van der Waals surface area (Å²) in [7, 11) is 3.51. The third-order valence-electron chi connectivity index (χ3n) is 9.78. The predicted octanol–water partition coefficient (Wildman–Crippen LogP) is 9.78. The monoisotopic (exact) mass is 763 g/mol. The first kappa shape index (κ1) is 39.5. The second kappa shape index (κ2) is 19.4. The van der Waals surface area contributed by atoms with Crippen molar-refractivity contribution in [2.75, 3.05) is 14.1 Å². The SMILES string of the molecule is CCc1c(OCc2ccccc2)cc(OCc2ccccc2)c(-c2cccc(C(=O)N(C)C)c2)c1CC1O[C@H](OCc2ccccc2)[C@@H](OCc2ccccc2)O1. The summed E-state index contributed by atoms with van der Waals surface area (Å²) in [6.45, 7) is 3.46. The highest BCUT2D eigenvalue weighted by atomic mass is 16.9. The molecule has 6 aromatic carbocycles. The maximum atomic E-state index is 13.3. The number of benzene rings is 6. The normalized spacial score (nSPS) is 15.4. The molecule has 6 aromatic rings. The van der Waals surface area contributed by atoms with Crippen LogP contribution in [0.2, 0.25) is 0 Å². The van der Waals surface area contributed by atoms with Crippen LogP contribution in [-0.4, -0.2) is 43.8 Å². The molecule has 7 rings (SSSR count). The van der Waals surface area contributed by atoms with Crippen molar-refractivity contribution in [1.82, 2.24) is 4.90 Å². The molecule has 1 aliphatic heterocycles. The van der Waals surface area contributed by atoms with Crippen LogP contribution in [0, 0.1) is 0 Å². The molecular formula is C49H49NO7. The molecule has 57 heavy (non-hydrogen) atoms. The van der Waals surface area contributed by atoms with E-state index in [-0.39, 0.29) is 5.91 Å². The lowest BCUT2D eigenvalue weighted by Gasteiger charge is -2.24. The average Bonchev–Trinajstić information content (AvgIpc) is 3.65.